The Morgan fingerprint density at radius 3 is 2.79 bits per heavy atom. The minimum atomic E-state index is -3.79. The molecule has 0 radical (unpaired) electrons. The lowest BCUT2D eigenvalue weighted by atomic mass is 11.0. The molecule has 1 rings (SSSR count). The summed E-state index contributed by atoms with van der Waals surface area (Å²) in [6.45, 7) is 0.156. The van der Waals surface area contributed by atoms with Gasteiger partial charge in [-0.2, -0.15) is 5.53 Å². The maximum atomic E-state index is 10.8. The zero-order valence-corrected chi connectivity index (χ0v) is 8.39. The second-order valence-corrected chi connectivity index (χ2v) is 4.75. The van der Waals surface area contributed by atoms with Crippen molar-refractivity contribution < 1.29 is 8.42 Å². The number of nitrogens with zero attached hydrogens (tertiary/aromatic N) is 3. The predicted molar refractivity (Wildman–Crippen MR) is 48.1 cm³/mol. The SMILES string of the molecule is N=NNCNc1nnc(S(N)(=O)=O)s1. The normalized spacial score (nSPS) is 10.9. The van der Waals surface area contributed by atoms with E-state index in [9.17, 15) is 8.42 Å². The van der Waals surface area contributed by atoms with Crippen molar-refractivity contribution in [2.45, 2.75) is 4.34 Å². The maximum Gasteiger partial charge on any atom is 0.267 e. The fourth-order valence-corrected chi connectivity index (χ4v) is 1.88. The lowest BCUT2D eigenvalue weighted by molar-refractivity contribution is 0.596. The van der Waals surface area contributed by atoms with E-state index in [2.05, 4.69) is 26.2 Å². The lowest BCUT2D eigenvalue weighted by Crippen LogP contribution is -2.15. The van der Waals surface area contributed by atoms with Crippen LogP contribution in [0.1, 0.15) is 0 Å². The number of sulfonamides is 1. The Morgan fingerprint density at radius 2 is 2.29 bits per heavy atom. The van der Waals surface area contributed by atoms with Crippen molar-refractivity contribution in [2.75, 3.05) is 12.0 Å². The average molecular weight is 237 g/mol. The van der Waals surface area contributed by atoms with Crippen LogP contribution in [0.3, 0.4) is 0 Å². The summed E-state index contributed by atoms with van der Waals surface area (Å²) in [6.07, 6.45) is 0. The molecule has 0 atom stereocenters. The van der Waals surface area contributed by atoms with E-state index in [-0.39, 0.29) is 16.1 Å². The minimum Gasteiger partial charge on any atom is -0.341 e. The highest BCUT2D eigenvalue weighted by Gasteiger charge is 2.14. The van der Waals surface area contributed by atoms with Crippen molar-refractivity contribution in [1.29, 1.82) is 5.53 Å². The van der Waals surface area contributed by atoms with Gasteiger partial charge in [0, 0.05) is 0 Å². The highest BCUT2D eigenvalue weighted by Crippen LogP contribution is 2.17. The number of nitrogens with two attached hydrogens (primary N) is 1. The number of nitrogens with one attached hydrogen (secondary N) is 3. The first kappa shape index (κ1) is 10.7. The summed E-state index contributed by atoms with van der Waals surface area (Å²) in [6, 6.07) is 0. The van der Waals surface area contributed by atoms with Crippen LogP contribution >= 0.6 is 11.3 Å². The molecule has 0 aliphatic carbocycles. The summed E-state index contributed by atoms with van der Waals surface area (Å²) in [5, 5.41) is 17.5. The molecule has 1 aromatic rings. The Kier molecular flexibility index (Phi) is 3.27. The molecule has 0 bridgehead atoms. The number of primary sulfonamides is 1. The Morgan fingerprint density at radius 1 is 1.57 bits per heavy atom. The van der Waals surface area contributed by atoms with Crippen LogP contribution < -0.4 is 15.9 Å². The van der Waals surface area contributed by atoms with Crippen molar-refractivity contribution in [3.63, 3.8) is 0 Å². The second-order valence-electron chi connectivity index (χ2n) is 2.04. The molecule has 5 N–H and O–H groups in total. The van der Waals surface area contributed by atoms with Gasteiger partial charge >= 0.3 is 0 Å². The molecule has 1 aromatic heterocycles. The van der Waals surface area contributed by atoms with E-state index in [1.807, 2.05) is 0 Å². The van der Waals surface area contributed by atoms with Crippen molar-refractivity contribution >= 4 is 26.5 Å². The average Bonchev–Trinajstić information content (AvgIpc) is 2.52. The summed E-state index contributed by atoms with van der Waals surface area (Å²) in [4.78, 5) is 0. The summed E-state index contributed by atoms with van der Waals surface area (Å²) in [5.41, 5.74) is 8.68. The van der Waals surface area contributed by atoms with Crippen molar-refractivity contribution in [2.24, 2.45) is 10.4 Å². The van der Waals surface area contributed by atoms with Gasteiger partial charge < -0.3 is 5.32 Å². The zero-order chi connectivity index (χ0) is 10.6. The van der Waals surface area contributed by atoms with Gasteiger partial charge in [-0.1, -0.05) is 16.6 Å². The standard InChI is InChI=1S/C3H7N7O2S2/c4-10-7-1-6-2-8-9-3(13-2)14(5,11)12/h1H2,(H2,4,7)(H,6,8)(H2,5,11,12). The minimum absolute atomic E-state index is 0.156. The first-order valence-electron chi connectivity index (χ1n) is 3.23. The van der Waals surface area contributed by atoms with Gasteiger partial charge in [0.15, 0.2) is 0 Å². The van der Waals surface area contributed by atoms with Gasteiger partial charge in [-0.05, 0) is 0 Å². The molecule has 0 amide bonds. The Bertz CT molecular complexity index is 410. The van der Waals surface area contributed by atoms with Crippen molar-refractivity contribution in [3.05, 3.63) is 0 Å². The molecule has 0 fully saturated rings. The Balaban J connectivity index is 2.64. The van der Waals surface area contributed by atoms with Gasteiger partial charge in [-0.25, -0.2) is 13.6 Å². The molecule has 9 nitrogen and oxygen atoms in total. The van der Waals surface area contributed by atoms with Gasteiger partial charge in [0.05, 0.1) is 0 Å². The molecular formula is C3H7N7O2S2. The van der Waals surface area contributed by atoms with Crippen LogP contribution in [0, 0.1) is 5.53 Å². The first-order valence-corrected chi connectivity index (χ1v) is 5.60. The molecule has 0 spiro atoms. The zero-order valence-electron chi connectivity index (χ0n) is 6.76. The second kappa shape index (κ2) is 4.26. The molecule has 0 aliphatic heterocycles. The Hall–Kier alpha value is -1.33. The topological polar surface area (TPSA) is 146 Å². The van der Waals surface area contributed by atoms with E-state index in [0.29, 0.717) is 0 Å². The molecule has 0 saturated heterocycles. The quantitative estimate of drug-likeness (QED) is 0.225. The van der Waals surface area contributed by atoms with Crippen molar-refractivity contribution in [3.8, 4) is 0 Å². The number of hydrogen-bond donors (Lipinski definition) is 4. The van der Waals surface area contributed by atoms with Crippen molar-refractivity contribution in [1.82, 2.24) is 15.6 Å². The largest absolute Gasteiger partial charge is 0.341 e. The highest BCUT2D eigenvalue weighted by molar-refractivity contribution is 7.91. The summed E-state index contributed by atoms with van der Waals surface area (Å²) in [5.74, 6) is 0. The lowest BCUT2D eigenvalue weighted by Gasteiger charge is -1.97. The van der Waals surface area contributed by atoms with Crippen LogP contribution in [-0.2, 0) is 10.0 Å². The van der Waals surface area contributed by atoms with E-state index in [4.69, 9.17) is 10.7 Å². The molecule has 1 heterocycles. The Labute approximate surface area is 83.3 Å². The molecular weight excluding hydrogens is 230 g/mol. The van der Waals surface area contributed by atoms with Gasteiger partial charge in [-0.3, -0.25) is 5.43 Å². The third kappa shape index (κ3) is 2.86. The number of anilines is 1. The molecule has 78 valence electrons. The summed E-state index contributed by atoms with van der Waals surface area (Å²) in [7, 11) is -3.79. The molecule has 11 heteroatoms. The van der Waals surface area contributed by atoms with Gasteiger partial charge in [-0.15, -0.1) is 10.2 Å². The third-order valence-corrected chi connectivity index (χ3v) is 3.24. The number of rotatable bonds is 5. The van der Waals surface area contributed by atoms with Gasteiger partial charge in [0.1, 0.15) is 6.67 Å². The van der Waals surface area contributed by atoms with Crippen LogP contribution in [0.5, 0.6) is 0 Å². The summed E-state index contributed by atoms with van der Waals surface area (Å²) < 4.78 is 21.3. The third-order valence-electron chi connectivity index (χ3n) is 1.05. The van der Waals surface area contributed by atoms with Crippen LogP contribution in [0.2, 0.25) is 0 Å². The number of aromatic nitrogens is 2. The van der Waals surface area contributed by atoms with E-state index < -0.39 is 10.0 Å². The van der Waals surface area contributed by atoms with Crippen LogP contribution in [0.4, 0.5) is 5.13 Å². The molecule has 0 saturated carbocycles. The van der Waals surface area contributed by atoms with Crippen LogP contribution in [-0.4, -0.2) is 25.3 Å². The molecule has 14 heavy (non-hydrogen) atoms. The fraction of sp³-hybridized carbons (Fsp3) is 0.333. The number of hydrogen-bond acceptors (Lipinski definition) is 8. The van der Waals surface area contributed by atoms with E-state index >= 15 is 0 Å². The van der Waals surface area contributed by atoms with E-state index in [0.717, 1.165) is 11.3 Å². The predicted octanol–water partition coefficient (Wildman–Crippen LogP) is -0.910. The molecule has 0 aromatic carbocycles. The van der Waals surface area contributed by atoms with Crippen LogP contribution in [0.25, 0.3) is 0 Å². The monoisotopic (exact) mass is 237 g/mol. The van der Waals surface area contributed by atoms with E-state index in [1.54, 1.807) is 0 Å². The molecule has 0 aliphatic rings. The first-order chi connectivity index (χ1) is 6.54. The van der Waals surface area contributed by atoms with Gasteiger partial charge in [0.2, 0.25) is 9.47 Å². The highest BCUT2D eigenvalue weighted by atomic mass is 32.2. The summed E-state index contributed by atoms with van der Waals surface area (Å²) >= 11 is 0.801. The van der Waals surface area contributed by atoms with Crippen LogP contribution in [0.15, 0.2) is 9.56 Å². The fourth-order valence-electron chi connectivity index (χ4n) is 0.551. The van der Waals surface area contributed by atoms with Gasteiger partial charge in [0.25, 0.3) is 10.0 Å². The van der Waals surface area contributed by atoms with E-state index in [1.165, 1.54) is 0 Å². The smallest absolute Gasteiger partial charge is 0.267 e. The molecule has 0 unspecified atom stereocenters. The maximum absolute atomic E-state index is 10.8.